The van der Waals surface area contributed by atoms with E-state index in [1.165, 1.54) is 0 Å². The van der Waals surface area contributed by atoms with Gasteiger partial charge < -0.3 is 15.0 Å². The number of amides is 1. The fourth-order valence-electron chi connectivity index (χ4n) is 2.12. The van der Waals surface area contributed by atoms with E-state index in [2.05, 4.69) is 5.32 Å². The Balaban J connectivity index is 2.11. The van der Waals surface area contributed by atoms with E-state index in [-0.39, 0.29) is 5.91 Å². The number of aliphatic hydroxyl groups is 1. The van der Waals surface area contributed by atoms with Crippen molar-refractivity contribution in [3.05, 3.63) is 48.2 Å². The third-order valence-corrected chi connectivity index (χ3v) is 3.27. The van der Waals surface area contributed by atoms with Crippen LogP contribution in [0.3, 0.4) is 0 Å². The van der Waals surface area contributed by atoms with Gasteiger partial charge in [0.05, 0.1) is 6.10 Å². The maximum atomic E-state index is 12.1. The molecular weight excluding hydrogens is 252 g/mol. The van der Waals surface area contributed by atoms with Gasteiger partial charge >= 0.3 is 0 Å². The van der Waals surface area contributed by atoms with Crippen molar-refractivity contribution in [1.82, 2.24) is 9.88 Å². The highest BCUT2D eigenvalue weighted by Gasteiger charge is 2.13. The lowest BCUT2D eigenvalue weighted by Gasteiger charge is -2.09. The summed E-state index contributed by atoms with van der Waals surface area (Å²) < 4.78 is 1.88. The Morgan fingerprint density at radius 1 is 1.25 bits per heavy atom. The van der Waals surface area contributed by atoms with Gasteiger partial charge in [-0.25, -0.2) is 0 Å². The molecule has 1 aromatic carbocycles. The summed E-state index contributed by atoms with van der Waals surface area (Å²) in [5.74, 6) is -0.115. The first-order valence-electron chi connectivity index (χ1n) is 6.77. The molecule has 4 nitrogen and oxygen atoms in total. The molecule has 0 saturated heterocycles. The molecular formula is C16H20N2O2. The van der Waals surface area contributed by atoms with Crippen molar-refractivity contribution >= 4 is 5.91 Å². The third kappa shape index (κ3) is 3.27. The van der Waals surface area contributed by atoms with Gasteiger partial charge in [0.1, 0.15) is 5.69 Å². The Hall–Kier alpha value is -2.07. The van der Waals surface area contributed by atoms with Crippen LogP contribution in [-0.4, -0.2) is 28.2 Å². The lowest BCUT2D eigenvalue weighted by atomic mass is 10.2. The molecule has 0 fully saturated rings. The summed E-state index contributed by atoms with van der Waals surface area (Å²) in [6.45, 7) is 2.19. The zero-order valence-electron chi connectivity index (χ0n) is 11.8. The van der Waals surface area contributed by atoms with Gasteiger partial charge in [-0.2, -0.15) is 0 Å². The number of aliphatic hydroxyl groups excluding tert-OH is 1. The Labute approximate surface area is 119 Å². The summed E-state index contributed by atoms with van der Waals surface area (Å²) in [7, 11) is 1.88. The largest absolute Gasteiger partial charge is 0.393 e. The minimum Gasteiger partial charge on any atom is -0.393 e. The van der Waals surface area contributed by atoms with Gasteiger partial charge in [0.2, 0.25) is 0 Å². The molecule has 0 aliphatic rings. The molecule has 0 aliphatic heterocycles. The van der Waals surface area contributed by atoms with Crippen molar-refractivity contribution in [3.63, 3.8) is 0 Å². The highest BCUT2D eigenvalue weighted by Crippen LogP contribution is 2.21. The number of carbonyl (C=O) groups excluding carboxylic acids is 1. The summed E-state index contributed by atoms with van der Waals surface area (Å²) in [4.78, 5) is 12.1. The summed E-state index contributed by atoms with van der Waals surface area (Å²) in [5.41, 5.74) is 2.71. The summed E-state index contributed by atoms with van der Waals surface area (Å²) in [5, 5.41) is 12.0. The molecule has 4 heteroatoms. The Kier molecular flexibility index (Phi) is 4.58. The number of hydrogen-bond donors (Lipinski definition) is 2. The van der Waals surface area contributed by atoms with Gasteiger partial charge in [0, 0.05) is 19.3 Å². The lowest BCUT2D eigenvalue weighted by molar-refractivity contribution is 0.0937. The summed E-state index contributed by atoms with van der Waals surface area (Å²) >= 11 is 0. The van der Waals surface area contributed by atoms with Gasteiger partial charge in [-0.15, -0.1) is 0 Å². The van der Waals surface area contributed by atoms with E-state index in [0.717, 1.165) is 11.3 Å². The van der Waals surface area contributed by atoms with E-state index in [4.69, 9.17) is 0 Å². The topological polar surface area (TPSA) is 54.3 Å². The van der Waals surface area contributed by atoms with Crippen molar-refractivity contribution in [2.45, 2.75) is 19.4 Å². The molecule has 2 aromatic rings. The molecule has 0 spiro atoms. The van der Waals surface area contributed by atoms with Crippen LogP contribution < -0.4 is 5.32 Å². The Morgan fingerprint density at radius 2 is 1.95 bits per heavy atom. The van der Waals surface area contributed by atoms with Crippen molar-refractivity contribution < 1.29 is 9.90 Å². The maximum Gasteiger partial charge on any atom is 0.267 e. The predicted molar refractivity (Wildman–Crippen MR) is 79.5 cm³/mol. The van der Waals surface area contributed by atoms with E-state index < -0.39 is 6.10 Å². The van der Waals surface area contributed by atoms with Crippen molar-refractivity contribution in [1.29, 1.82) is 0 Å². The van der Waals surface area contributed by atoms with E-state index in [0.29, 0.717) is 18.7 Å². The number of nitrogens with zero attached hydrogens (tertiary/aromatic N) is 1. The lowest BCUT2D eigenvalue weighted by Crippen LogP contribution is -2.28. The second-order valence-corrected chi connectivity index (χ2v) is 4.92. The van der Waals surface area contributed by atoms with Gasteiger partial charge in [0.15, 0.2) is 0 Å². The number of nitrogens with one attached hydrogen (secondary N) is 1. The fourth-order valence-corrected chi connectivity index (χ4v) is 2.12. The van der Waals surface area contributed by atoms with Gasteiger partial charge in [0.25, 0.3) is 5.91 Å². The van der Waals surface area contributed by atoms with Gasteiger partial charge in [-0.05, 0) is 31.0 Å². The average molecular weight is 272 g/mol. The first-order chi connectivity index (χ1) is 9.59. The second-order valence-electron chi connectivity index (χ2n) is 4.92. The highest BCUT2D eigenvalue weighted by molar-refractivity contribution is 5.93. The Bertz CT molecular complexity index is 573. The standard InChI is InChI=1S/C16H20N2O2/c1-12(19)10-11-17-16(20)15-9-8-14(18(15)2)13-6-4-3-5-7-13/h3-9,12,19H,10-11H2,1-2H3,(H,17,20). The summed E-state index contributed by atoms with van der Waals surface area (Å²) in [6.07, 6.45) is 0.158. The number of benzene rings is 1. The molecule has 106 valence electrons. The third-order valence-electron chi connectivity index (χ3n) is 3.27. The number of carbonyl (C=O) groups is 1. The molecule has 0 saturated carbocycles. The molecule has 2 N–H and O–H groups in total. The number of aromatic nitrogens is 1. The van der Waals surface area contributed by atoms with Crippen molar-refractivity contribution in [2.24, 2.45) is 7.05 Å². The number of hydrogen-bond acceptors (Lipinski definition) is 2. The zero-order valence-corrected chi connectivity index (χ0v) is 11.8. The molecule has 1 unspecified atom stereocenters. The molecule has 0 aliphatic carbocycles. The molecule has 1 atom stereocenters. The molecule has 1 amide bonds. The minimum atomic E-state index is -0.399. The molecule has 0 bridgehead atoms. The first kappa shape index (κ1) is 14.3. The van der Waals surface area contributed by atoms with Crippen LogP contribution in [-0.2, 0) is 7.05 Å². The fraction of sp³-hybridized carbons (Fsp3) is 0.312. The van der Waals surface area contributed by atoms with Crippen molar-refractivity contribution in [2.75, 3.05) is 6.54 Å². The zero-order chi connectivity index (χ0) is 14.5. The van der Waals surface area contributed by atoms with Crippen LogP contribution in [0.5, 0.6) is 0 Å². The second kappa shape index (κ2) is 6.39. The number of rotatable bonds is 5. The van der Waals surface area contributed by atoms with Crippen LogP contribution in [0.4, 0.5) is 0 Å². The van der Waals surface area contributed by atoms with Gasteiger partial charge in [-0.3, -0.25) is 4.79 Å². The quantitative estimate of drug-likeness (QED) is 0.876. The van der Waals surface area contributed by atoms with E-state index in [1.807, 2.05) is 54.1 Å². The molecule has 0 radical (unpaired) electrons. The van der Waals surface area contributed by atoms with E-state index >= 15 is 0 Å². The maximum absolute atomic E-state index is 12.1. The van der Waals surface area contributed by atoms with Crippen LogP contribution >= 0.6 is 0 Å². The SMILES string of the molecule is CC(O)CCNC(=O)c1ccc(-c2ccccc2)n1C. The minimum absolute atomic E-state index is 0.115. The van der Waals surface area contributed by atoms with Crippen LogP contribution in [0.15, 0.2) is 42.5 Å². The predicted octanol–water partition coefficient (Wildman–Crippen LogP) is 2.19. The monoisotopic (exact) mass is 272 g/mol. The van der Waals surface area contributed by atoms with Crippen LogP contribution in [0, 0.1) is 0 Å². The smallest absolute Gasteiger partial charge is 0.267 e. The molecule has 1 heterocycles. The molecule has 20 heavy (non-hydrogen) atoms. The average Bonchev–Trinajstić information content (AvgIpc) is 2.81. The molecule has 2 rings (SSSR count). The Morgan fingerprint density at radius 3 is 2.60 bits per heavy atom. The highest BCUT2D eigenvalue weighted by atomic mass is 16.3. The van der Waals surface area contributed by atoms with Crippen LogP contribution in [0.25, 0.3) is 11.3 Å². The normalized spacial score (nSPS) is 12.2. The van der Waals surface area contributed by atoms with Crippen molar-refractivity contribution in [3.8, 4) is 11.3 Å². The van der Waals surface area contributed by atoms with E-state index in [9.17, 15) is 9.90 Å². The molecule has 1 aromatic heterocycles. The van der Waals surface area contributed by atoms with E-state index in [1.54, 1.807) is 6.92 Å². The van der Waals surface area contributed by atoms with Crippen LogP contribution in [0.1, 0.15) is 23.8 Å². The summed E-state index contributed by atoms with van der Waals surface area (Å²) in [6, 6.07) is 13.7. The van der Waals surface area contributed by atoms with Crippen LogP contribution in [0.2, 0.25) is 0 Å². The first-order valence-corrected chi connectivity index (χ1v) is 6.77. The van der Waals surface area contributed by atoms with Gasteiger partial charge in [-0.1, -0.05) is 30.3 Å².